The summed E-state index contributed by atoms with van der Waals surface area (Å²) >= 11 is 0. The summed E-state index contributed by atoms with van der Waals surface area (Å²) in [6, 6.07) is 41.2. The van der Waals surface area contributed by atoms with E-state index in [0.717, 1.165) is 38.6 Å². The molecule has 0 atom stereocenters. The van der Waals surface area contributed by atoms with Crippen LogP contribution in [0.1, 0.15) is 0 Å². The third kappa shape index (κ3) is 3.41. The van der Waals surface area contributed by atoms with Gasteiger partial charge in [-0.15, -0.1) is 0 Å². The minimum absolute atomic E-state index is 0.492. The summed E-state index contributed by atoms with van der Waals surface area (Å²) in [4.78, 5) is 0. The average molecular weight is 439 g/mol. The summed E-state index contributed by atoms with van der Waals surface area (Å²) in [5.74, 6) is 0. The van der Waals surface area contributed by atoms with Crippen LogP contribution in [0.25, 0.3) is 49.7 Å². The molecule has 2 N–H and O–H groups in total. The zero-order valence-corrected chi connectivity index (χ0v) is 18.5. The first-order valence-electron chi connectivity index (χ1n) is 11.4. The van der Waals surface area contributed by atoms with Crippen molar-refractivity contribution in [2.45, 2.75) is 0 Å². The van der Waals surface area contributed by atoms with Crippen molar-refractivity contribution in [1.82, 2.24) is 4.57 Å². The van der Waals surface area contributed by atoms with Crippen LogP contribution >= 0.6 is 0 Å². The molecular formula is C30H22BNO2. The number of benzene rings is 5. The van der Waals surface area contributed by atoms with Gasteiger partial charge in [-0.3, -0.25) is 0 Å². The lowest BCUT2D eigenvalue weighted by atomic mass is 9.79. The lowest BCUT2D eigenvalue weighted by Gasteiger charge is -2.11. The maximum absolute atomic E-state index is 10.1. The van der Waals surface area contributed by atoms with Gasteiger partial charge in [-0.25, -0.2) is 0 Å². The lowest BCUT2D eigenvalue weighted by Crippen LogP contribution is -2.31. The summed E-state index contributed by atoms with van der Waals surface area (Å²) in [7, 11) is -1.56. The number of rotatable bonds is 4. The van der Waals surface area contributed by atoms with Gasteiger partial charge in [0, 0.05) is 21.9 Å². The predicted octanol–water partition coefficient (Wildman–Crippen LogP) is 5.80. The summed E-state index contributed by atoms with van der Waals surface area (Å²) in [5, 5.41) is 22.3. The van der Waals surface area contributed by atoms with Crippen molar-refractivity contribution in [3.63, 3.8) is 0 Å². The predicted molar refractivity (Wildman–Crippen MR) is 141 cm³/mol. The molecule has 0 radical (unpaired) electrons. The summed E-state index contributed by atoms with van der Waals surface area (Å²) in [5.41, 5.74) is 7.96. The molecule has 0 unspecified atom stereocenters. The average Bonchev–Trinajstić information content (AvgIpc) is 3.23. The Morgan fingerprint density at radius 2 is 1.09 bits per heavy atom. The Labute approximate surface area is 198 Å². The Kier molecular flexibility index (Phi) is 5.03. The van der Waals surface area contributed by atoms with Gasteiger partial charge in [0.15, 0.2) is 0 Å². The van der Waals surface area contributed by atoms with Crippen molar-refractivity contribution in [2.75, 3.05) is 0 Å². The van der Waals surface area contributed by atoms with Crippen LogP contribution in [0, 0.1) is 0 Å². The van der Waals surface area contributed by atoms with Crippen molar-refractivity contribution in [1.29, 1.82) is 0 Å². The van der Waals surface area contributed by atoms with Gasteiger partial charge in [-0.1, -0.05) is 97.1 Å². The smallest absolute Gasteiger partial charge is 0.423 e. The van der Waals surface area contributed by atoms with Crippen molar-refractivity contribution >= 4 is 34.4 Å². The van der Waals surface area contributed by atoms with E-state index in [9.17, 15) is 10.0 Å². The lowest BCUT2D eigenvalue weighted by molar-refractivity contribution is 0.426. The molecule has 162 valence electrons. The Morgan fingerprint density at radius 3 is 1.76 bits per heavy atom. The largest absolute Gasteiger partial charge is 0.490 e. The van der Waals surface area contributed by atoms with Gasteiger partial charge < -0.3 is 14.6 Å². The van der Waals surface area contributed by atoms with Crippen molar-refractivity contribution in [3.05, 3.63) is 121 Å². The third-order valence-electron chi connectivity index (χ3n) is 6.44. The Morgan fingerprint density at radius 1 is 0.500 bits per heavy atom. The van der Waals surface area contributed by atoms with E-state index in [1.807, 2.05) is 48.5 Å². The second-order valence-electron chi connectivity index (χ2n) is 8.46. The standard InChI is InChI=1S/C30H22BNO2/c33-31(34)28-13-7-12-26-27-20-24(23-16-14-22(15-17-23)21-8-3-1-4-9-21)18-19-29(27)32(30(26)28)25-10-5-2-6-11-25/h1-20,33-34H. The highest BCUT2D eigenvalue weighted by molar-refractivity contribution is 6.62. The molecule has 6 aromatic rings. The van der Waals surface area contributed by atoms with Gasteiger partial charge in [0.2, 0.25) is 0 Å². The topological polar surface area (TPSA) is 45.4 Å². The Balaban J connectivity index is 1.55. The van der Waals surface area contributed by atoms with Crippen LogP contribution in [0.5, 0.6) is 0 Å². The van der Waals surface area contributed by atoms with Crippen LogP contribution in [0.2, 0.25) is 0 Å². The molecule has 0 fully saturated rings. The quantitative estimate of drug-likeness (QED) is 0.341. The zero-order chi connectivity index (χ0) is 23.1. The van der Waals surface area contributed by atoms with E-state index in [4.69, 9.17) is 0 Å². The highest BCUT2D eigenvalue weighted by atomic mass is 16.4. The molecule has 34 heavy (non-hydrogen) atoms. The normalized spacial score (nSPS) is 11.2. The van der Waals surface area contributed by atoms with E-state index in [1.54, 1.807) is 6.07 Å². The van der Waals surface area contributed by atoms with E-state index in [1.165, 1.54) is 11.1 Å². The van der Waals surface area contributed by atoms with Crippen molar-refractivity contribution in [2.24, 2.45) is 0 Å². The number of aromatic nitrogens is 1. The summed E-state index contributed by atoms with van der Waals surface area (Å²) in [6.07, 6.45) is 0. The minimum atomic E-state index is -1.56. The molecule has 0 aliphatic rings. The molecule has 6 rings (SSSR count). The maximum atomic E-state index is 10.1. The molecular weight excluding hydrogens is 417 g/mol. The molecule has 1 heterocycles. The van der Waals surface area contributed by atoms with E-state index in [2.05, 4.69) is 71.3 Å². The number of para-hydroxylation sites is 2. The van der Waals surface area contributed by atoms with Crippen LogP contribution in [0.15, 0.2) is 121 Å². The molecule has 0 saturated carbocycles. The minimum Gasteiger partial charge on any atom is -0.423 e. The fourth-order valence-corrected chi connectivity index (χ4v) is 4.81. The highest BCUT2D eigenvalue weighted by Gasteiger charge is 2.21. The van der Waals surface area contributed by atoms with E-state index in [-0.39, 0.29) is 0 Å². The molecule has 0 saturated heterocycles. The van der Waals surface area contributed by atoms with Gasteiger partial charge >= 0.3 is 7.12 Å². The van der Waals surface area contributed by atoms with E-state index < -0.39 is 7.12 Å². The monoisotopic (exact) mass is 439 g/mol. The Bertz CT molecular complexity index is 1610. The molecule has 5 aromatic carbocycles. The van der Waals surface area contributed by atoms with E-state index >= 15 is 0 Å². The van der Waals surface area contributed by atoms with Gasteiger partial charge in [0.05, 0.1) is 11.0 Å². The van der Waals surface area contributed by atoms with Gasteiger partial charge in [0.1, 0.15) is 0 Å². The molecule has 0 bridgehead atoms. The van der Waals surface area contributed by atoms with Crippen LogP contribution in [0.3, 0.4) is 0 Å². The first kappa shape index (κ1) is 20.5. The molecule has 0 spiro atoms. The second kappa shape index (κ2) is 8.34. The van der Waals surface area contributed by atoms with Crippen LogP contribution < -0.4 is 5.46 Å². The van der Waals surface area contributed by atoms with Gasteiger partial charge in [-0.05, 0) is 46.5 Å². The molecule has 0 aliphatic carbocycles. The molecule has 4 heteroatoms. The Hall–Kier alpha value is -4.12. The number of hydrogen-bond acceptors (Lipinski definition) is 2. The molecule has 3 nitrogen and oxygen atoms in total. The molecule has 0 amide bonds. The fourth-order valence-electron chi connectivity index (χ4n) is 4.81. The number of fused-ring (bicyclic) bond motifs is 3. The summed E-state index contributed by atoms with van der Waals surface area (Å²) < 4.78 is 2.11. The zero-order valence-electron chi connectivity index (χ0n) is 18.5. The summed E-state index contributed by atoms with van der Waals surface area (Å²) in [6.45, 7) is 0. The molecule has 0 aliphatic heterocycles. The highest BCUT2D eigenvalue weighted by Crippen LogP contribution is 2.35. The third-order valence-corrected chi connectivity index (χ3v) is 6.44. The molecule has 1 aromatic heterocycles. The fraction of sp³-hybridized carbons (Fsp3) is 0. The SMILES string of the molecule is OB(O)c1cccc2c3cc(-c4ccc(-c5ccccc5)cc4)ccc3n(-c3ccccc3)c12. The van der Waals surface area contributed by atoms with Crippen LogP contribution in [-0.4, -0.2) is 21.7 Å². The van der Waals surface area contributed by atoms with E-state index in [0.29, 0.717) is 5.46 Å². The van der Waals surface area contributed by atoms with Crippen LogP contribution in [0.4, 0.5) is 0 Å². The van der Waals surface area contributed by atoms with Gasteiger partial charge in [0.25, 0.3) is 0 Å². The van der Waals surface area contributed by atoms with Crippen molar-refractivity contribution in [3.8, 4) is 27.9 Å². The van der Waals surface area contributed by atoms with Gasteiger partial charge in [-0.2, -0.15) is 0 Å². The van der Waals surface area contributed by atoms with Crippen molar-refractivity contribution < 1.29 is 10.0 Å². The first-order chi connectivity index (χ1) is 16.7. The number of hydrogen-bond donors (Lipinski definition) is 2. The van der Waals surface area contributed by atoms with Crippen LogP contribution in [-0.2, 0) is 0 Å². The first-order valence-corrected chi connectivity index (χ1v) is 11.4. The maximum Gasteiger partial charge on any atom is 0.490 e. The second-order valence-corrected chi connectivity index (χ2v) is 8.46. The number of nitrogens with zero attached hydrogens (tertiary/aromatic N) is 1.